The topological polar surface area (TPSA) is 6.48 Å². The highest BCUT2D eigenvalue weighted by Gasteiger charge is 2.62. The highest BCUT2D eigenvalue weighted by Crippen LogP contribution is 2.65. The molecular weight excluding hydrogens is 869 g/mol. The molecule has 2 aliphatic heterocycles. The monoisotopic (exact) mass is 933 g/mol. The van der Waals surface area contributed by atoms with E-state index < -0.39 is 0 Å². The van der Waals surface area contributed by atoms with Gasteiger partial charge in [-0.1, -0.05) is 174 Å². The molecule has 2 nitrogen and oxygen atoms in total. The molecule has 6 atom stereocenters. The molecule has 2 saturated carbocycles. The molecule has 6 unspecified atom stereocenters. The van der Waals surface area contributed by atoms with Gasteiger partial charge in [0.25, 0.3) is 0 Å². The van der Waals surface area contributed by atoms with Crippen molar-refractivity contribution in [3.05, 3.63) is 205 Å². The maximum absolute atomic E-state index is 2.72. The minimum Gasteiger partial charge on any atom is -0.334 e. The molecule has 354 valence electrons. The van der Waals surface area contributed by atoms with Gasteiger partial charge in [-0.25, -0.2) is 0 Å². The molecule has 72 heavy (non-hydrogen) atoms. The van der Waals surface area contributed by atoms with Crippen LogP contribution in [0.2, 0.25) is 0 Å². The molecule has 2 heteroatoms. The molecule has 4 aliphatic rings. The average molecular weight is 933 g/mol. The molecule has 0 bridgehead atoms. The van der Waals surface area contributed by atoms with E-state index in [2.05, 4.69) is 245 Å². The maximum atomic E-state index is 2.72. The number of para-hydroxylation sites is 2. The Kier molecular flexibility index (Phi) is 9.49. The van der Waals surface area contributed by atoms with Gasteiger partial charge in [0, 0.05) is 33.6 Å². The summed E-state index contributed by atoms with van der Waals surface area (Å²) in [6, 6.07) is 74.6. The first-order valence-electron chi connectivity index (χ1n) is 26.9. The minimum atomic E-state index is -0.0572. The molecule has 0 saturated heterocycles. The number of benzene rings is 10. The van der Waals surface area contributed by atoms with Gasteiger partial charge in [0.1, 0.15) is 0 Å². The van der Waals surface area contributed by atoms with Crippen molar-refractivity contribution in [1.82, 2.24) is 0 Å². The summed E-state index contributed by atoms with van der Waals surface area (Å²) in [6.45, 7) is 15.3. The number of anilines is 4. The average Bonchev–Trinajstić information content (AvgIpc) is 3.77. The first-order chi connectivity index (χ1) is 35.0. The van der Waals surface area contributed by atoms with E-state index in [-0.39, 0.29) is 21.9 Å². The lowest BCUT2D eigenvalue weighted by molar-refractivity contribution is 0.130. The van der Waals surface area contributed by atoms with Crippen molar-refractivity contribution in [2.75, 3.05) is 9.80 Å². The van der Waals surface area contributed by atoms with Crippen molar-refractivity contribution in [2.45, 2.75) is 102 Å². The van der Waals surface area contributed by atoms with Crippen LogP contribution in [0.4, 0.5) is 22.7 Å². The smallest absolute Gasteiger partial charge is 0.0543 e. The summed E-state index contributed by atoms with van der Waals surface area (Å²) in [6.07, 6.45) is 7.33. The van der Waals surface area contributed by atoms with Crippen LogP contribution in [0.1, 0.15) is 91.2 Å². The van der Waals surface area contributed by atoms with Crippen molar-refractivity contribution in [1.29, 1.82) is 0 Å². The number of fused-ring (bicyclic) bond motifs is 6. The van der Waals surface area contributed by atoms with Gasteiger partial charge < -0.3 is 9.80 Å². The second kappa shape index (κ2) is 15.7. The fourth-order valence-electron chi connectivity index (χ4n) is 15.8. The van der Waals surface area contributed by atoms with Crippen LogP contribution in [-0.4, -0.2) is 11.1 Å². The summed E-state index contributed by atoms with van der Waals surface area (Å²) in [5.74, 6) is 1.07. The number of rotatable bonds is 6. The van der Waals surface area contributed by atoms with E-state index in [1.165, 1.54) is 149 Å². The normalized spacial score (nSPS) is 25.5. The van der Waals surface area contributed by atoms with Gasteiger partial charge in [0.05, 0.1) is 11.1 Å². The van der Waals surface area contributed by atoms with Gasteiger partial charge in [0.15, 0.2) is 0 Å². The first kappa shape index (κ1) is 43.6. The summed E-state index contributed by atoms with van der Waals surface area (Å²) in [5, 5.41) is 7.94. The van der Waals surface area contributed by atoms with Gasteiger partial charge >= 0.3 is 0 Å². The molecular formula is C70H64N2. The Morgan fingerprint density at radius 1 is 0.361 bits per heavy atom. The highest BCUT2D eigenvalue weighted by molar-refractivity contribution is 6.32. The largest absolute Gasteiger partial charge is 0.334 e. The molecule has 14 rings (SSSR count). The predicted octanol–water partition coefficient (Wildman–Crippen LogP) is 19.2. The number of hydrogen-bond acceptors (Lipinski definition) is 2. The van der Waals surface area contributed by atoms with Crippen LogP contribution < -0.4 is 9.80 Å². The summed E-state index contributed by atoms with van der Waals surface area (Å²) in [5.41, 5.74) is 18.4. The van der Waals surface area contributed by atoms with E-state index in [1.807, 2.05) is 0 Å². The molecule has 2 aliphatic carbocycles. The van der Waals surface area contributed by atoms with Gasteiger partial charge in [0.2, 0.25) is 0 Å². The molecule has 0 radical (unpaired) electrons. The van der Waals surface area contributed by atoms with E-state index in [9.17, 15) is 0 Å². The number of nitrogens with zero attached hydrogens (tertiary/aromatic N) is 2. The third-order valence-corrected chi connectivity index (χ3v) is 20.1. The van der Waals surface area contributed by atoms with Crippen LogP contribution in [-0.2, 0) is 10.8 Å². The van der Waals surface area contributed by atoms with Crippen LogP contribution in [0.25, 0.3) is 76.8 Å². The first-order valence-corrected chi connectivity index (χ1v) is 26.9. The van der Waals surface area contributed by atoms with Crippen LogP contribution >= 0.6 is 0 Å². The van der Waals surface area contributed by atoms with Crippen molar-refractivity contribution < 1.29 is 0 Å². The lowest BCUT2D eigenvalue weighted by atomic mass is 9.57. The van der Waals surface area contributed by atoms with Crippen LogP contribution in [0.5, 0.6) is 0 Å². The van der Waals surface area contributed by atoms with Crippen LogP contribution in [0, 0.1) is 11.8 Å². The summed E-state index contributed by atoms with van der Waals surface area (Å²) >= 11 is 0. The van der Waals surface area contributed by atoms with Gasteiger partial charge in [-0.2, -0.15) is 0 Å². The quantitative estimate of drug-likeness (QED) is 0.153. The summed E-state index contributed by atoms with van der Waals surface area (Å²) < 4.78 is 0. The van der Waals surface area contributed by atoms with Gasteiger partial charge in [-0.05, 0) is 200 Å². The van der Waals surface area contributed by atoms with E-state index in [0.717, 1.165) is 0 Å². The Balaban J connectivity index is 1.04. The van der Waals surface area contributed by atoms with Crippen molar-refractivity contribution in [2.24, 2.45) is 11.8 Å². The second-order valence-corrected chi connectivity index (χ2v) is 23.1. The van der Waals surface area contributed by atoms with E-state index >= 15 is 0 Å². The second-order valence-electron chi connectivity index (χ2n) is 23.1. The molecule has 0 aromatic heterocycles. The van der Waals surface area contributed by atoms with E-state index in [4.69, 9.17) is 0 Å². The Hall–Kier alpha value is -7.16. The van der Waals surface area contributed by atoms with Crippen LogP contribution in [0.3, 0.4) is 0 Å². The molecule has 2 fully saturated rings. The Bertz CT molecular complexity index is 3500. The predicted molar refractivity (Wildman–Crippen MR) is 307 cm³/mol. The zero-order valence-corrected chi connectivity index (χ0v) is 42.8. The maximum Gasteiger partial charge on any atom is 0.0543 e. The van der Waals surface area contributed by atoms with E-state index in [1.54, 1.807) is 0 Å². The molecule has 2 heterocycles. The fraction of sp³-hybridized carbons (Fsp3) is 0.257. The van der Waals surface area contributed by atoms with Crippen molar-refractivity contribution >= 4 is 55.1 Å². The Labute approximate surface area is 426 Å². The molecule has 10 aromatic carbocycles. The summed E-state index contributed by atoms with van der Waals surface area (Å²) in [7, 11) is 0. The third-order valence-electron chi connectivity index (χ3n) is 20.1. The number of hydrogen-bond donors (Lipinski definition) is 0. The lowest BCUT2D eigenvalue weighted by Gasteiger charge is -2.54. The Morgan fingerprint density at radius 2 is 0.694 bits per heavy atom. The lowest BCUT2D eigenvalue weighted by Crippen LogP contribution is -2.59. The zero-order valence-electron chi connectivity index (χ0n) is 42.8. The Morgan fingerprint density at radius 3 is 1.06 bits per heavy atom. The van der Waals surface area contributed by atoms with Gasteiger partial charge in [-0.3, -0.25) is 0 Å². The highest BCUT2D eigenvalue weighted by atomic mass is 15.3. The summed E-state index contributed by atoms with van der Waals surface area (Å²) in [4.78, 5) is 5.44. The molecule has 0 spiro atoms. The van der Waals surface area contributed by atoms with E-state index in [0.29, 0.717) is 11.8 Å². The van der Waals surface area contributed by atoms with Crippen molar-refractivity contribution in [3.63, 3.8) is 0 Å². The molecule has 0 amide bonds. The standard InChI is InChI=1S/C70H64N2/c1-45-21-19-39-67(3)61-41-49(31-37-63(61)71(69(45,67)5)51-27-15-9-16-28-51)59-43-57(47-23-11-7-12-24-47)53-34-36-56-60(44-58(48-25-13-8-14-26-48)54-33-35-55(59)65(53)66(54)56)50-32-38-64-62(42-50)68(4)40-20-22-46(2)70(68,6)72(64)52-29-17-10-18-30-52/h7-18,23-38,41-46H,19-22,39-40H2,1-6H3. The zero-order chi connectivity index (χ0) is 48.7. The third kappa shape index (κ3) is 5.73. The van der Waals surface area contributed by atoms with Gasteiger partial charge in [-0.15, -0.1) is 0 Å². The van der Waals surface area contributed by atoms with Crippen LogP contribution in [0.15, 0.2) is 194 Å². The van der Waals surface area contributed by atoms with Crippen molar-refractivity contribution in [3.8, 4) is 44.5 Å². The SMILES string of the molecule is CC1CCCC2(C)c3cc(-c4cc(-c5ccccc5)c5ccc6c(-c7ccc8c(c7)C7(C)CCCC(C)C7(C)N8c7ccccc7)cc(-c7ccccc7)c7ccc4c5c76)ccc3N(c3ccccc3)C12C. The fourth-order valence-corrected chi connectivity index (χ4v) is 15.8. The molecule has 0 N–H and O–H groups in total. The minimum absolute atomic E-state index is 0.0183. The molecule has 10 aromatic rings.